The highest BCUT2D eigenvalue weighted by Gasteiger charge is 2.39. The molecule has 12 heteroatoms. The molecule has 0 spiro atoms. The van der Waals surface area contributed by atoms with Crippen molar-refractivity contribution in [2.24, 2.45) is 5.92 Å². The van der Waals surface area contributed by atoms with Gasteiger partial charge in [0.15, 0.2) is 0 Å². The molecule has 2 heterocycles. The number of hydrogen-bond donors (Lipinski definition) is 3. The first kappa shape index (κ1) is 23.8. The summed E-state index contributed by atoms with van der Waals surface area (Å²) in [4.78, 5) is 21.0. The van der Waals surface area contributed by atoms with E-state index in [1.807, 2.05) is 0 Å². The van der Waals surface area contributed by atoms with Crippen LogP contribution in [-0.2, 0) is 12.7 Å². The Kier molecular flexibility index (Phi) is 6.36. The highest BCUT2D eigenvalue weighted by atomic mass is 19.4. The van der Waals surface area contributed by atoms with Crippen molar-refractivity contribution in [3.05, 3.63) is 71.2 Å². The number of aliphatic hydroxyl groups excluding tert-OH is 2. The van der Waals surface area contributed by atoms with Crippen molar-refractivity contribution in [3.8, 4) is 0 Å². The minimum Gasteiger partial charge on any atom is -0.390 e. The molecule has 0 radical (unpaired) electrons. The number of aromatic nitrogens is 4. The number of alkyl halides is 3. The average Bonchev–Trinajstić information content (AvgIpc) is 3.35. The van der Waals surface area contributed by atoms with Gasteiger partial charge in [0.2, 0.25) is 5.78 Å². The smallest absolute Gasteiger partial charge is 0.390 e. The molecule has 0 saturated heterocycles. The molecular formula is C22H21F4N5O3. The normalized spacial score (nSPS) is 22.7. The first-order valence-electron chi connectivity index (χ1n) is 10.4. The van der Waals surface area contributed by atoms with Crippen LogP contribution in [0.1, 0.15) is 40.5 Å². The van der Waals surface area contributed by atoms with E-state index in [0.717, 1.165) is 10.7 Å². The first-order chi connectivity index (χ1) is 16.0. The van der Waals surface area contributed by atoms with Crippen LogP contribution in [0.25, 0.3) is 0 Å². The van der Waals surface area contributed by atoms with Gasteiger partial charge in [-0.15, -0.1) is 0 Å². The molecule has 8 nitrogen and oxygen atoms in total. The summed E-state index contributed by atoms with van der Waals surface area (Å²) in [5.74, 6) is -1.41. The fourth-order valence-electron chi connectivity index (χ4n) is 3.94. The van der Waals surface area contributed by atoms with Crippen LogP contribution in [0.3, 0.4) is 0 Å². The fraction of sp³-hybridized carbons (Fsp3) is 0.364. The SMILES string of the molecule is C[C@@H]1C[C@@H](Nc2ncncc2C(=O)c2ccn(Cc3cc(C(F)(F)F)ccc3F)n2)[C@H](O)[C@@H]1O. The van der Waals surface area contributed by atoms with E-state index in [4.69, 9.17) is 0 Å². The van der Waals surface area contributed by atoms with E-state index >= 15 is 0 Å². The molecule has 0 amide bonds. The summed E-state index contributed by atoms with van der Waals surface area (Å²) in [7, 11) is 0. The molecule has 4 rings (SSSR count). The number of carbonyl (C=O) groups is 1. The third-order valence-electron chi connectivity index (χ3n) is 5.83. The number of nitrogens with one attached hydrogen (secondary N) is 1. The maximum Gasteiger partial charge on any atom is 0.416 e. The Labute approximate surface area is 191 Å². The quantitative estimate of drug-likeness (QED) is 0.368. The Bertz CT molecular complexity index is 1200. The summed E-state index contributed by atoms with van der Waals surface area (Å²) in [6.07, 6.45) is -2.29. The molecule has 3 aromatic rings. The lowest BCUT2D eigenvalue weighted by atomic mass is 10.1. The van der Waals surface area contributed by atoms with Crippen molar-refractivity contribution < 1.29 is 32.6 Å². The summed E-state index contributed by atoms with van der Waals surface area (Å²) in [6, 6.07) is 2.91. The van der Waals surface area contributed by atoms with Gasteiger partial charge in [-0.25, -0.2) is 14.4 Å². The second-order valence-electron chi connectivity index (χ2n) is 8.26. The monoisotopic (exact) mass is 479 g/mol. The molecule has 0 unspecified atom stereocenters. The van der Waals surface area contributed by atoms with E-state index in [9.17, 15) is 32.6 Å². The van der Waals surface area contributed by atoms with Crippen molar-refractivity contribution in [1.82, 2.24) is 19.7 Å². The number of hydrogen-bond acceptors (Lipinski definition) is 7. The molecular weight excluding hydrogens is 458 g/mol. The van der Waals surface area contributed by atoms with Gasteiger partial charge >= 0.3 is 6.18 Å². The van der Waals surface area contributed by atoms with Crippen LogP contribution in [0.4, 0.5) is 23.4 Å². The zero-order chi connectivity index (χ0) is 24.6. The van der Waals surface area contributed by atoms with Crippen molar-refractivity contribution in [2.45, 2.75) is 44.3 Å². The number of carbonyl (C=O) groups excluding carboxylic acids is 1. The average molecular weight is 479 g/mol. The Morgan fingerprint density at radius 1 is 1.24 bits per heavy atom. The molecule has 4 atom stereocenters. The number of ketones is 1. The van der Waals surface area contributed by atoms with Crippen molar-refractivity contribution in [3.63, 3.8) is 0 Å². The summed E-state index contributed by atoms with van der Waals surface area (Å²) >= 11 is 0. The van der Waals surface area contributed by atoms with Gasteiger partial charge in [0.25, 0.3) is 0 Å². The van der Waals surface area contributed by atoms with Crippen LogP contribution in [0, 0.1) is 11.7 Å². The van der Waals surface area contributed by atoms with E-state index in [1.54, 1.807) is 6.92 Å². The van der Waals surface area contributed by atoms with Crippen LogP contribution >= 0.6 is 0 Å². The van der Waals surface area contributed by atoms with Gasteiger partial charge in [-0.2, -0.15) is 18.3 Å². The summed E-state index contributed by atoms with van der Waals surface area (Å²) < 4.78 is 54.1. The van der Waals surface area contributed by atoms with Crippen LogP contribution in [0.15, 0.2) is 43.0 Å². The van der Waals surface area contributed by atoms with Gasteiger partial charge in [-0.3, -0.25) is 9.48 Å². The molecule has 2 aromatic heterocycles. The van der Waals surface area contributed by atoms with Gasteiger partial charge in [0, 0.05) is 18.0 Å². The van der Waals surface area contributed by atoms with E-state index in [2.05, 4.69) is 20.4 Å². The number of anilines is 1. The van der Waals surface area contributed by atoms with Crippen LogP contribution < -0.4 is 5.32 Å². The zero-order valence-corrected chi connectivity index (χ0v) is 17.9. The lowest BCUT2D eigenvalue weighted by Crippen LogP contribution is -2.35. The fourth-order valence-corrected chi connectivity index (χ4v) is 3.94. The zero-order valence-electron chi connectivity index (χ0n) is 17.9. The molecule has 34 heavy (non-hydrogen) atoms. The molecule has 180 valence electrons. The molecule has 1 aliphatic carbocycles. The number of nitrogens with zero attached hydrogens (tertiary/aromatic N) is 4. The van der Waals surface area contributed by atoms with E-state index in [-0.39, 0.29) is 35.1 Å². The van der Waals surface area contributed by atoms with Gasteiger partial charge in [-0.05, 0) is 36.6 Å². The Morgan fingerprint density at radius 2 is 2.00 bits per heavy atom. The topological polar surface area (TPSA) is 113 Å². The van der Waals surface area contributed by atoms with E-state index in [1.165, 1.54) is 24.8 Å². The minimum absolute atomic E-state index is 0.0504. The first-order valence-corrected chi connectivity index (χ1v) is 10.4. The predicted molar refractivity (Wildman–Crippen MR) is 111 cm³/mol. The summed E-state index contributed by atoms with van der Waals surface area (Å²) in [6.45, 7) is 1.48. The number of benzene rings is 1. The maximum absolute atomic E-state index is 14.1. The standard InChI is InChI=1S/C22H21F4N5O3/c1-11-6-17(20(34)18(11)32)29-21-14(8-27-10-28-21)19(33)16-4-5-31(30-16)9-12-7-13(22(24,25)26)2-3-15(12)23/h2-5,7-8,10-11,17-18,20,32,34H,6,9H2,1H3,(H,27,28,29)/t11-,17-,18-,20+/m1/s1. The molecule has 1 fully saturated rings. The Hall–Kier alpha value is -3.38. The number of halogens is 4. The third-order valence-corrected chi connectivity index (χ3v) is 5.83. The second kappa shape index (κ2) is 9.11. The second-order valence-corrected chi connectivity index (χ2v) is 8.26. The maximum atomic E-state index is 14.1. The Morgan fingerprint density at radius 3 is 2.68 bits per heavy atom. The van der Waals surface area contributed by atoms with Crippen LogP contribution in [-0.4, -0.2) is 54.0 Å². The highest BCUT2D eigenvalue weighted by molar-refractivity contribution is 6.10. The molecule has 1 aliphatic rings. The van der Waals surface area contributed by atoms with Gasteiger partial charge in [0.05, 0.1) is 29.8 Å². The molecule has 0 bridgehead atoms. The van der Waals surface area contributed by atoms with Gasteiger partial charge in [-0.1, -0.05) is 6.92 Å². The largest absolute Gasteiger partial charge is 0.416 e. The van der Waals surface area contributed by atoms with Gasteiger partial charge < -0.3 is 15.5 Å². The van der Waals surface area contributed by atoms with Crippen molar-refractivity contribution >= 4 is 11.6 Å². The van der Waals surface area contributed by atoms with Gasteiger partial charge in [0.1, 0.15) is 29.8 Å². The minimum atomic E-state index is -4.62. The predicted octanol–water partition coefficient (Wildman–Crippen LogP) is 2.65. The number of aliphatic hydroxyl groups is 2. The number of rotatable bonds is 6. The third kappa shape index (κ3) is 4.77. The Balaban J connectivity index is 1.54. The molecule has 0 aliphatic heterocycles. The van der Waals surface area contributed by atoms with Crippen molar-refractivity contribution in [1.29, 1.82) is 0 Å². The molecule has 3 N–H and O–H groups in total. The lowest BCUT2D eigenvalue weighted by molar-refractivity contribution is -0.137. The molecule has 1 saturated carbocycles. The van der Waals surface area contributed by atoms with E-state index < -0.39 is 41.6 Å². The van der Waals surface area contributed by atoms with Crippen LogP contribution in [0.2, 0.25) is 0 Å². The summed E-state index contributed by atoms with van der Waals surface area (Å²) in [5.41, 5.74) is -1.21. The van der Waals surface area contributed by atoms with E-state index in [0.29, 0.717) is 18.6 Å². The highest BCUT2D eigenvalue weighted by Crippen LogP contribution is 2.31. The van der Waals surface area contributed by atoms with Crippen LogP contribution in [0.5, 0.6) is 0 Å². The van der Waals surface area contributed by atoms with Crippen molar-refractivity contribution in [2.75, 3.05) is 5.32 Å². The molecule has 1 aromatic carbocycles. The lowest BCUT2D eigenvalue weighted by Gasteiger charge is -2.19. The summed E-state index contributed by atoms with van der Waals surface area (Å²) in [5, 5.41) is 27.2.